The zero-order chi connectivity index (χ0) is 30.8. The second-order valence-corrected chi connectivity index (χ2v) is 13.1. The number of rotatable bonds is 12. The van der Waals surface area contributed by atoms with Crippen LogP contribution in [0.25, 0.3) is 11.1 Å². The van der Waals surface area contributed by atoms with Crippen molar-refractivity contribution in [3.63, 3.8) is 0 Å². The number of hydrogen-bond donors (Lipinski definition) is 3. The number of benzene rings is 3. The molecule has 4 aromatic rings. The van der Waals surface area contributed by atoms with Crippen molar-refractivity contribution < 1.29 is 23.1 Å². The second-order valence-electron chi connectivity index (χ2n) is 9.41. The number of nitrogens with two attached hydrogens (primary N) is 1. The van der Waals surface area contributed by atoms with Crippen LogP contribution in [0.3, 0.4) is 0 Å². The van der Waals surface area contributed by atoms with Crippen LogP contribution in [0.1, 0.15) is 27.9 Å². The van der Waals surface area contributed by atoms with Crippen LogP contribution in [0.4, 0.5) is 4.79 Å². The van der Waals surface area contributed by atoms with Crippen LogP contribution < -0.4 is 11.1 Å². The minimum atomic E-state index is -4.16. The average molecular weight is 635 g/mol. The highest BCUT2D eigenvalue weighted by Crippen LogP contribution is 2.31. The van der Waals surface area contributed by atoms with Crippen LogP contribution >= 0.6 is 23.5 Å². The van der Waals surface area contributed by atoms with Gasteiger partial charge < -0.3 is 16.2 Å². The third kappa shape index (κ3) is 8.93. The van der Waals surface area contributed by atoms with Crippen molar-refractivity contribution in [2.75, 3.05) is 5.75 Å². The van der Waals surface area contributed by atoms with E-state index in [9.17, 15) is 18.0 Å². The molecule has 0 spiro atoms. The van der Waals surface area contributed by atoms with E-state index in [0.29, 0.717) is 28.6 Å². The molecule has 1 amide bonds. The minimum Gasteiger partial charge on any atom is -0.473 e. The molecular formula is C31H30N4O5S3. The molecule has 0 aliphatic carbocycles. The van der Waals surface area contributed by atoms with Crippen molar-refractivity contribution in [3.05, 3.63) is 114 Å². The molecule has 0 unspecified atom stereocenters. The van der Waals surface area contributed by atoms with Crippen molar-refractivity contribution in [2.24, 2.45) is 10.1 Å². The van der Waals surface area contributed by atoms with Crippen molar-refractivity contribution >= 4 is 50.6 Å². The highest BCUT2D eigenvalue weighted by Gasteiger charge is 2.24. The first-order chi connectivity index (χ1) is 20.6. The van der Waals surface area contributed by atoms with Gasteiger partial charge in [-0.2, -0.15) is 8.42 Å². The Morgan fingerprint density at radius 1 is 1.00 bits per heavy atom. The first kappa shape index (κ1) is 31.8. The lowest BCUT2D eigenvalue weighted by atomic mass is 9.94. The first-order valence-electron chi connectivity index (χ1n) is 13.2. The Morgan fingerprint density at radius 2 is 1.74 bits per heavy atom. The third-order valence-corrected chi connectivity index (χ3v) is 9.42. The fraction of sp³-hybridized carbons (Fsp3) is 0.161. The predicted molar refractivity (Wildman–Crippen MR) is 172 cm³/mol. The zero-order valence-electron chi connectivity index (χ0n) is 23.2. The topological polar surface area (TPSA) is 152 Å². The number of aryl methyl sites for hydroxylation is 1. The number of hydrogen-bond acceptors (Lipinski definition) is 7. The van der Waals surface area contributed by atoms with Gasteiger partial charge in [-0.1, -0.05) is 48.5 Å². The fourth-order valence-electron chi connectivity index (χ4n) is 4.22. The number of carbonyl (C=O) groups is 2. The van der Waals surface area contributed by atoms with Crippen molar-refractivity contribution in [1.29, 1.82) is 0 Å². The van der Waals surface area contributed by atoms with Crippen LogP contribution in [-0.4, -0.2) is 47.3 Å². The first-order valence-corrected chi connectivity index (χ1v) is 16.6. The van der Waals surface area contributed by atoms with Crippen LogP contribution in [0, 0.1) is 6.92 Å². The van der Waals surface area contributed by atoms with Gasteiger partial charge in [0.25, 0.3) is 15.9 Å². The van der Waals surface area contributed by atoms with Gasteiger partial charge in [0.05, 0.1) is 10.9 Å². The molecule has 0 saturated carbocycles. The molecule has 0 saturated heterocycles. The number of amidine groups is 1. The van der Waals surface area contributed by atoms with E-state index in [1.165, 1.54) is 12.1 Å². The molecule has 222 valence electrons. The van der Waals surface area contributed by atoms with Crippen molar-refractivity contribution in [2.45, 2.75) is 34.9 Å². The highest BCUT2D eigenvalue weighted by atomic mass is 32.2. The molecule has 43 heavy (non-hydrogen) atoms. The summed E-state index contributed by atoms with van der Waals surface area (Å²) in [4.78, 5) is 30.0. The summed E-state index contributed by atoms with van der Waals surface area (Å²) in [5, 5.41) is 10.8. The quantitative estimate of drug-likeness (QED) is 0.0969. The summed E-state index contributed by atoms with van der Waals surface area (Å²) in [5.74, 6) is -0.120. The molecule has 1 aromatic heterocycles. The number of thioether (sulfide) groups is 2. The van der Waals surface area contributed by atoms with E-state index in [2.05, 4.69) is 14.7 Å². The number of pyridine rings is 1. The van der Waals surface area contributed by atoms with Gasteiger partial charge in [0.1, 0.15) is 5.84 Å². The van der Waals surface area contributed by atoms with Gasteiger partial charge in [-0.15, -0.1) is 16.2 Å². The van der Waals surface area contributed by atoms with Gasteiger partial charge in [-0.05, 0) is 83.8 Å². The molecule has 3 aromatic carbocycles. The summed E-state index contributed by atoms with van der Waals surface area (Å²) in [7, 11) is -4.16. The molecule has 0 bridgehead atoms. The van der Waals surface area contributed by atoms with Gasteiger partial charge in [-0.3, -0.25) is 9.78 Å². The van der Waals surface area contributed by atoms with Gasteiger partial charge in [0, 0.05) is 34.4 Å². The Hall–Kier alpha value is -4.13. The largest absolute Gasteiger partial charge is 0.473 e. The van der Waals surface area contributed by atoms with E-state index in [-0.39, 0.29) is 22.9 Å². The lowest BCUT2D eigenvalue weighted by Gasteiger charge is -2.20. The molecule has 0 radical (unpaired) electrons. The summed E-state index contributed by atoms with van der Waals surface area (Å²) in [6, 6.07) is 23.7. The van der Waals surface area contributed by atoms with Crippen LogP contribution in [0.2, 0.25) is 0 Å². The van der Waals surface area contributed by atoms with E-state index in [4.69, 9.17) is 10.8 Å². The van der Waals surface area contributed by atoms with Crippen molar-refractivity contribution in [1.82, 2.24) is 10.3 Å². The molecule has 9 nitrogen and oxygen atoms in total. The van der Waals surface area contributed by atoms with E-state index in [1.807, 2.05) is 55.5 Å². The SMILES string of the molecule is Cc1ccccc1-c1cc(CSc2cccnc2)ccc1C(=O)N[C@@H](CCSC(=O)O)C(N)=NS(=O)(=O)c1ccccc1. The van der Waals surface area contributed by atoms with Gasteiger partial charge in [0.2, 0.25) is 0 Å². The number of nitrogens with zero attached hydrogens (tertiary/aromatic N) is 2. The summed E-state index contributed by atoms with van der Waals surface area (Å²) in [6.45, 7) is 1.96. The normalized spacial score (nSPS) is 12.4. The van der Waals surface area contributed by atoms with Gasteiger partial charge >= 0.3 is 5.30 Å². The Labute approximate surface area is 259 Å². The maximum Gasteiger partial charge on any atom is 0.364 e. The number of nitrogens with one attached hydrogen (secondary N) is 1. The van der Waals surface area contributed by atoms with E-state index >= 15 is 0 Å². The van der Waals surface area contributed by atoms with Gasteiger partial charge in [-0.25, -0.2) is 4.79 Å². The fourth-order valence-corrected chi connectivity index (χ4v) is 6.58. The monoisotopic (exact) mass is 634 g/mol. The minimum absolute atomic E-state index is 0.0435. The smallest absolute Gasteiger partial charge is 0.364 e. The molecule has 4 N–H and O–H groups in total. The summed E-state index contributed by atoms with van der Waals surface area (Å²) >= 11 is 2.24. The maximum absolute atomic E-state index is 13.8. The van der Waals surface area contributed by atoms with Gasteiger partial charge in [0.15, 0.2) is 0 Å². The number of carboxylic acid groups (broad SMARTS) is 1. The molecular weight excluding hydrogens is 605 g/mol. The Bertz CT molecular complexity index is 1720. The summed E-state index contributed by atoms with van der Waals surface area (Å²) in [5.41, 5.74) is 10.1. The maximum atomic E-state index is 13.8. The predicted octanol–water partition coefficient (Wildman–Crippen LogP) is 6.00. The zero-order valence-corrected chi connectivity index (χ0v) is 25.7. The van der Waals surface area contributed by atoms with E-state index in [0.717, 1.165) is 21.6 Å². The Balaban J connectivity index is 1.66. The molecule has 0 aliphatic heterocycles. The lowest BCUT2D eigenvalue weighted by Crippen LogP contribution is -2.45. The van der Waals surface area contributed by atoms with Crippen LogP contribution in [-0.2, 0) is 15.8 Å². The van der Waals surface area contributed by atoms with Crippen molar-refractivity contribution in [3.8, 4) is 11.1 Å². The van der Waals surface area contributed by atoms with Crippen LogP contribution in [0.15, 0.2) is 112 Å². The molecule has 12 heteroatoms. The number of carbonyl (C=O) groups excluding carboxylic acids is 1. The molecule has 1 heterocycles. The third-order valence-electron chi connectivity index (χ3n) is 6.36. The summed E-state index contributed by atoms with van der Waals surface area (Å²) in [6.07, 6.45) is 3.55. The number of sulfonamides is 1. The standard InChI is InChI=1S/C31H30N4O5S3/c1-21-8-5-6-12-25(21)27-18-22(20-42-23-9-7-16-33-19-23)13-14-26(27)30(36)34-28(15-17-41-31(37)38)29(32)35-43(39,40)24-10-3-2-4-11-24/h2-14,16,18-19,28H,15,17,20H2,1H3,(H2,32,35)(H,34,36)(H,37,38)/t28-/m0/s1. The molecule has 1 atom stereocenters. The molecule has 0 fully saturated rings. The molecule has 4 rings (SSSR count). The van der Waals surface area contributed by atoms with E-state index < -0.39 is 27.3 Å². The van der Waals surface area contributed by atoms with E-state index in [1.54, 1.807) is 48.4 Å². The highest BCUT2D eigenvalue weighted by molar-refractivity contribution is 8.13. The average Bonchev–Trinajstić information content (AvgIpc) is 3.00. The molecule has 0 aliphatic rings. The van der Waals surface area contributed by atoms with Crippen LogP contribution in [0.5, 0.6) is 0 Å². The lowest BCUT2D eigenvalue weighted by molar-refractivity contribution is 0.0947. The number of amides is 1. The summed E-state index contributed by atoms with van der Waals surface area (Å²) < 4.78 is 29.5. The number of aromatic nitrogens is 1. The Morgan fingerprint density at radius 3 is 2.44 bits per heavy atom. The Kier molecular flexibility index (Phi) is 11.0. The second kappa shape index (κ2) is 14.9.